The standard InChI is InChI=1S/C9H10O6/c10-6-1-5(2-7(11)9(6)14)3-15-4-8(12)13/h1-2,10-11,14H,3-4H2,(H,12,13). The van der Waals surface area contributed by atoms with Gasteiger partial charge in [0, 0.05) is 0 Å². The number of carboxylic acids is 1. The molecule has 1 aromatic rings. The second-order valence-corrected chi connectivity index (χ2v) is 2.87. The minimum atomic E-state index is -1.11. The first-order chi connectivity index (χ1) is 7.00. The number of hydrogen-bond acceptors (Lipinski definition) is 5. The van der Waals surface area contributed by atoms with Crippen molar-refractivity contribution in [2.45, 2.75) is 6.61 Å². The van der Waals surface area contributed by atoms with Crippen LogP contribution in [-0.2, 0) is 16.1 Å². The number of benzene rings is 1. The van der Waals surface area contributed by atoms with Crippen molar-refractivity contribution in [3.63, 3.8) is 0 Å². The molecule has 1 rings (SSSR count). The smallest absolute Gasteiger partial charge is 0.329 e. The van der Waals surface area contributed by atoms with Crippen molar-refractivity contribution >= 4 is 5.97 Å². The van der Waals surface area contributed by atoms with E-state index in [0.29, 0.717) is 5.56 Å². The minimum absolute atomic E-state index is 0.0757. The van der Waals surface area contributed by atoms with Crippen molar-refractivity contribution in [2.75, 3.05) is 6.61 Å². The number of aromatic hydroxyl groups is 3. The molecule has 0 saturated carbocycles. The van der Waals surface area contributed by atoms with Crippen molar-refractivity contribution in [2.24, 2.45) is 0 Å². The largest absolute Gasteiger partial charge is 0.504 e. The lowest BCUT2D eigenvalue weighted by atomic mass is 10.2. The molecule has 0 atom stereocenters. The Kier molecular flexibility index (Phi) is 3.35. The van der Waals surface area contributed by atoms with Gasteiger partial charge in [0.1, 0.15) is 6.61 Å². The molecule has 6 heteroatoms. The van der Waals surface area contributed by atoms with Gasteiger partial charge < -0.3 is 25.2 Å². The van der Waals surface area contributed by atoms with Gasteiger partial charge in [-0.3, -0.25) is 0 Å². The summed E-state index contributed by atoms with van der Waals surface area (Å²) in [7, 11) is 0. The number of phenolic OH excluding ortho intramolecular Hbond substituents is 3. The Morgan fingerprint density at radius 3 is 2.20 bits per heavy atom. The van der Waals surface area contributed by atoms with Crippen LogP contribution in [0.25, 0.3) is 0 Å². The Labute approximate surface area is 85.0 Å². The Hall–Kier alpha value is -1.95. The Bertz CT molecular complexity index is 350. The zero-order valence-corrected chi connectivity index (χ0v) is 7.67. The van der Waals surface area contributed by atoms with Crippen LogP contribution < -0.4 is 0 Å². The first kappa shape index (κ1) is 11.1. The van der Waals surface area contributed by atoms with Crippen LogP contribution in [0.3, 0.4) is 0 Å². The molecule has 0 saturated heterocycles. The molecule has 0 aliphatic carbocycles. The molecule has 0 aliphatic rings. The predicted octanol–water partition coefficient (Wildman–Crippen LogP) is 0.405. The van der Waals surface area contributed by atoms with E-state index in [4.69, 9.17) is 25.2 Å². The lowest BCUT2D eigenvalue weighted by molar-refractivity contribution is -0.142. The van der Waals surface area contributed by atoms with E-state index < -0.39 is 29.8 Å². The molecule has 0 aliphatic heterocycles. The van der Waals surface area contributed by atoms with E-state index in [2.05, 4.69) is 0 Å². The molecular weight excluding hydrogens is 204 g/mol. The average Bonchev–Trinajstić information content (AvgIpc) is 2.13. The number of hydrogen-bond donors (Lipinski definition) is 4. The van der Waals surface area contributed by atoms with Crippen molar-refractivity contribution in [3.8, 4) is 17.2 Å². The lowest BCUT2D eigenvalue weighted by Gasteiger charge is -2.05. The average molecular weight is 214 g/mol. The van der Waals surface area contributed by atoms with Crippen molar-refractivity contribution in [1.29, 1.82) is 0 Å². The third-order valence-corrected chi connectivity index (χ3v) is 1.62. The molecule has 1 aromatic carbocycles. The summed E-state index contributed by atoms with van der Waals surface area (Å²) in [5, 5.41) is 35.5. The molecule has 0 unspecified atom stereocenters. The molecule has 0 bridgehead atoms. The van der Waals surface area contributed by atoms with Crippen LogP contribution in [-0.4, -0.2) is 33.0 Å². The Balaban J connectivity index is 2.66. The third-order valence-electron chi connectivity index (χ3n) is 1.62. The van der Waals surface area contributed by atoms with E-state index in [1.807, 2.05) is 0 Å². The van der Waals surface area contributed by atoms with Crippen LogP contribution in [0.5, 0.6) is 17.2 Å². The van der Waals surface area contributed by atoms with Gasteiger partial charge in [0.15, 0.2) is 17.2 Å². The lowest BCUT2D eigenvalue weighted by Crippen LogP contribution is -2.06. The maximum Gasteiger partial charge on any atom is 0.329 e. The maximum absolute atomic E-state index is 10.1. The highest BCUT2D eigenvalue weighted by molar-refractivity contribution is 5.68. The van der Waals surface area contributed by atoms with Crippen molar-refractivity contribution < 1.29 is 30.0 Å². The second-order valence-electron chi connectivity index (χ2n) is 2.87. The third kappa shape index (κ3) is 3.03. The van der Waals surface area contributed by atoms with Crippen molar-refractivity contribution in [3.05, 3.63) is 17.7 Å². The topological polar surface area (TPSA) is 107 Å². The van der Waals surface area contributed by atoms with E-state index in [9.17, 15) is 4.79 Å². The van der Waals surface area contributed by atoms with E-state index in [1.165, 1.54) is 12.1 Å². The highest BCUT2D eigenvalue weighted by Crippen LogP contribution is 2.35. The van der Waals surface area contributed by atoms with Gasteiger partial charge in [0.05, 0.1) is 6.61 Å². The number of carboxylic acid groups (broad SMARTS) is 1. The summed E-state index contributed by atoms with van der Waals surface area (Å²) in [6.07, 6.45) is 0. The molecule has 4 N–H and O–H groups in total. The summed E-state index contributed by atoms with van der Waals surface area (Å²) in [4.78, 5) is 10.1. The van der Waals surface area contributed by atoms with Gasteiger partial charge in [-0.05, 0) is 17.7 Å². The maximum atomic E-state index is 10.1. The van der Waals surface area contributed by atoms with Gasteiger partial charge >= 0.3 is 5.97 Å². The van der Waals surface area contributed by atoms with E-state index in [-0.39, 0.29) is 6.61 Å². The number of aliphatic carboxylic acids is 1. The van der Waals surface area contributed by atoms with Crippen LogP contribution in [0.15, 0.2) is 12.1 Å². The quantitative estimate of drug-likeness (QED) is 0.540. The fraction of sp³-hybridized carbons (Fsp3) is 0.222. The first-order valence-corrected chi connectivity index (χ1v) is 4.04. The van der Waals surface area contributed by atoms with Gasteiger partial charge in [-0.1, -0.05) is 0 Å². The summed E-state index contributed by atoms with van der Waals surface area (Å²) >= 11 is 0. The predicted molar refractivity (Wildman–Crippen MR) is 48.7 cm³/mol. The molecule has 15 heavy (non-hydrogen) atoms. The summed E-state index contributed by atoms with van der Waals surface area (Å²) < 4.78 is 4.73. The monoisotopic (exact) mass is 214 g/mol. The van der Waals surface area contributed by atoms with Gasteiger partial charge in [0.2, 0.25) is 0 Å². The fourth-order valence-corrected chi connectivity index (χ4v) is 1.00. The molecule has 0 spiro atoms. The summed E-state index contributed by atoms with van der Waals surface area (Å²) in [6, 6.07) is 2.35. The molecule has 0 amide bonds. The zero-order valence-electron chi connectivity index (χ0n) is 7.67. The van der Waals surface area contributed by atoms with Gasteiger partial charge in [-0.2, -0.15) is 0 Å². The molecule has 6 nitrogen and oxygen atoms in total. The Morgan fingerprint density at radius 1 is 1.20 bits per heavy atom. The fourth-order valence-electron chi connectivity index (χ4n) is 1.00. The van der Waals surface area contributed by atoms with Crippen LogP contribution in [0.2, 0.25) is 0 Å². The van der Waals surface area contributed by atoms with Crippen LogP contribution >= 0.6 is 0 Å². The van der Waals surface area contributed by atoms with Crippen LogP contribution in [0.4, 0.5) is 0 Å². The zero-order chi connectivity index (χ0) is 11.4. The minimum Gasteiger partial charge on any atom is -0.504 e. The van der Waals surface area contributed by atoms with Crippen LogP contribution in [0.1, 0.15) is 5.56 Å². The SMILES string of the molecule is O=C(O)COCc1cc(O)c(O)c(O)c1. The second kappa shape index (κ2) is 4.52. The molecule has 0 radical (unpaired) electrons. The first-order valence-electron chi connectivity index (χ1n) is 4.04. The van der Waals surface area contributed by atoms with Crippen molar-refractivity contribution in [1.82, 2.24) is 0 Å². The number of ether oxygens (including phenoxy) is 1. The van der Waals surface area contributed by atoms with E-state index in [0.717, 1.165) is 0 Å². The van der Waals surface area contributed by atoms with Gasteiger partial charge in [0.25, 0.3) is 0 Å². The van der Waals surface area contributed by atoms with Gasteiger partial charge in [-0.25, -0.2) is 4.79 Å². The summed E-state index contributed by atoms with van der Waals surface area (Å²) in [5.41, 5.74) is 0.365. The highest BCUT2D eigenvalue weighted by atomic mass is 16.5. The molecular formula is C9H10O6. The normalized spacial score (nSPS) is 10.1. The summed E-state index contributed by atoms with van der Waals surface area (Å²) in [5.74, 6) is -2.69. The number of phenols is 3. The molecule has 82 valence electrons. The Morgan fingerprint density at radius 2 is 1.73 bits per heavy atom. The van der Waals surface area contributed by atoms with Gasteiger partial charge in [-0.15, -0.1) is 0 Å². The number of carbonyl (C=O) groups is 1. The molecule has 0 heterocycles. The highest BCUT2D eigenvalue weighted by Gasteiger charge is 2.08. The molecule has 0 fully saturated rings. The van der Waals surface area contributed by atoms with E-state index >= 15 is 0 Å². The molecule has 0 aromatic heterocycles. The number of rotatable bonds is 4. The summed E-state index contributed by atoms with van der Waals surface area (Å²) in [6.45, 7) is -0.546. The van der Waals surface area contributed by atoms with Crippen LogP contribution in [0, 0.1) is 0 Å². The van der Waals surface area contributed by atoms with E-state index in [1.54, 1.807) is 0 Å².